The summed E-state index contributed by atoms with van der Waals surface area (Å²) >= 11 is 0. The van der Waals surface area contributed by atoms with Crippen molar-refractivity contribution in [3.8, 4) is 0 Å². The number of nitrogens with one attached hydrogen (secondary N) is 2. The van der Waals surface area contributed by atoms with Crippen LogP contribution in [0.4, 0.5) is 23.2 Å². The average molecular weight is 516 g/mol. The molecule has 0 atom stereocenters. The van der Waals surface area contributed by atoms with E-state index in [1.54, 1.807) is 43.3 Å². The van der Waals surface area contributed by atoms with Gasteiger partial charge in [-0.3, -0.25) is 4.79 Å². The van der Waals surface area contributed by atoms with E-state index in [0.29, 0.717) is 48.9 Å². The van der Waals surface area contributed by atoms with Crippen molar-refractivity contribution >= 4 is 45.1 Å². The molecular formula is C22H25N7O6S. The van der Waals surface area contributed by atoms with Gasteiger partial charge in [-0.1, -0.05) is 11.2 Å². The van der Waals surface area contributed by atoms with Crippen LogP contribution in [0, 0.1) is 0 Å². The number of benzene rings is 1. The number of nitrogens with zero attached hydrogens (tertiary/aromatic N) is 5. The van der Waals surface area contributed by atoms with Crippen LogP contribution in [0.1, 0.15) is 28.0 Å². The summed E-state index contributed by atoms with van der Waals surface area (Å²) in [5.74, 6) is -0.662. The second kappa shape index (κ2) is 10.7. The summed E-state index contributed by atoms with van der Waals surface area (Å²) in [6.45, 7) is 3.80. The quantitative estimate of drug-likeness (QED) is 0.420. The summed E-state index contributed by atoms with van der Waals surface area (Å²) in [5, 5.41) is 13.0. The van der Waals surface area contributed by atoms with Crippen LogP contribution in [0.25, 0.3) is 0 Å². The number of anilines is 4. The first-order chi connectivity index (χ1) is 17.2. The van der Waals surface area contributed by atoms with Crippen LogP contribution in [0.3, 0.4) is 0 Å². The van der Waals surface area contributed by atoms with Crippen molar-refractivity contribution in [2.24, 2.45) is 0 Å². The molecule has 0 bridgehead atoms. The second-order valence-corrected chi connectivity index (χ2v) is 9.83. The number of hydrogen-bond donors (Lipinski definition) is 2. The van der Waals surface area contributed by atoms with Gasteiger partial charge in [0.2, 0.25) is 10.0 Å². The third-order valence-corrected chi connectivity index (χ3v) is 6.58. The molecule has 3 heterocycles. The minimum atomic E-state index is -3.21. The lowest BCUT2D eigenvalue weighted by Crippen LogP contribution is -2.48. The largest absolute Gasteiger partial charge is 0.462 e. The smallest absolute Gasteiger partial charge is 0.338 e. The molecule has 0 unspecified atom stereocenters. The van der Waals surface area contributed by atoms with Crippen LogP contribution in [-0.4, -0.2) is 78.8 Å². The van der Waals surface area contributed by atoms with E-state index < -0.39 is 21.9 Å². The zero-order valence-electron chi connectivity index (χ0n) is 19.7. The molecule has 2 N–H and O–H groups in total. The van der Waals surface area contributed by atoms with Gasteiger partial charge < -0.3 is 24.7 Å². The Morgan fingerprint density at radius 2 is 1.86 bits per heavy atom. The second-order valence-electron chi connectivity index (χ2n) is 7.85. The SMILES string of the molecule is CCOC(=O)c1cccc(Nc2nnc(C(=O)Nc3ccc(N4CCN(S(C)(=O)=O)CC4)nc3)o2)c1. The Morgan fingerprint density at radius 3 is 2.53 bits per heavy atom. The predicted octanol–water partition coefficient (Wildman–Crippen LogP) is 1.72. The highest BCUT2D eigenvalue weighted by Gasteiger charge is 2.24. The monoisotopic (exact) mass is 515 g/mol. The zero-order valence-corrected chi connectivity index (χ0v) is 20.5. The van der Waals surface area contributed by atoms with Gasteiger partial charge >= 0.3 is 23.8 Å². The van der Waals surface area contributed by atoms with E-state index in [-0.39, 0.29) is 18.5 Å². The number of carbonyl (C=O) groups excluding carboxylic acids is 2. The normalized spacial score (nSPS) is 14.3. The molecule has 3 aromatic rings. The molecule has 0 radical (unpaired) electrons. The summed E-state index contributed by atoms with van der Waals surface area (Å²) in [6.07, 6.45) is 2.69. The van der Waals surface area contributed by atoms with Crippen LogP contribution >= 0.6 is 0 Å². The number of piperazine rings is 1. The summed E-state index contributed by atoms with van der Waals surface area (Å²) < 4.78 is 35.1. The lowest BCUT2D eigenvalue weighted by molar-refractivity contribution is 0.0526. The van der Waals surface area contributed by atoms with Crippen molar-refractivity contribution in [1.29, 1.82) is 0 Å². The number of rotatable bonds is 8. The van der Waals surface area contributed by atoms with Crippen molar-refractivity contribution in [1.82, 2.24) is 19.5 Å². The van der Waals surface area contributed by atoms with Crippen LogP contribution in [0.5, 0.6) is 0 Å². The van der Waals surface area contributed by atoms with Gasteiger partial charge in [-0.15, -0.1) is 5.10 Å². The maximum absolute atomic E-state index is 12.5. The standard InChI is InChI=1S/C22H25N7O6S/c1-3-34-21(31)15-5-4-6-16(13-15)25-22-27-26-20(35-22)19(30)24-17-7-8-18(23-14-17)28-9-11-29(12-10-28)36(2,32)33/h4-8,13-14H,3,9-12H2,1-2H3,(H,24,30)(H,25,27). The first-order valence-corrected chi connectivity index (χ1v) is 12.9. The lowest BCUT2D eigenvalue weighted by atomic mass is 10.2. The van der Waals surface area contributed by atoms with Crippen molar-refractivity contribution in [2.75, 3.05) is 54.6 Å². The van der Waals surface area contributed by atoms with Crippen molar-refractivity contribution in [3.63, 3.8) is 0 Å². The molecule has 14 heteroatoms. The van der Waals surface area contributed by atoms with Gasteiger partial charge in [0, 0.05) is 31.9 Å². The molecule has 1 aromatic carbocycles. The van der Waals surface area contributed by atoms with Crippen LogP contribution < -0.4 is 15.5 Å². The van der Waals surface area contributed by atoms with E-state index in [1.807, 2.05) is 4.90 Å². The number of aromatic nitrogens is 3. The number of hydrogen-bond acceptors (Lipinski definition) is 11. The van der Waals surface area contributed by atoms with E-state index >= 15 is 0 Å². The first-order valence-electron chi connectivity index (χ1n) is 11.1. The van der Waals surface area contributed by atoms with E-state index in [4.69, 9.17) is 9.15 Å². The van der Waals surface area contributed by atoms with Gasteiger partial charge in [-0.25, -0.2) is 18.2 Å². The number of esters is 1. The number of amides is 1. The molecule has 0 aliphatic carbocycles. The third kappa shape index (κ3) is 6.14. The molecule has 190 valence electrons. The van der Waals surface area contributed by atoms with Gasteiger partial charge in [0.15, 0.2) is 0 Å². The Kier molecular flexibility index (Phi) is 7.45. The third-order valence-electron chi connectivity index (χ3n) is 5.28. The first kappa shape index (κ1) is 25.1. The van der Waals surface area contributed by atoms with E-state index in [2.05, 4.69) is 25.8 Å². The molecule has 36 heavy (non-hydrogen) atoms. The van der Waals surface area contributed by atoms with Gasteiger partial charge in [0.25, 0.3) is 0 Å². The van der Waals surface area contributed by atoms with Crippen LogP contribution in [0.15, 0.2) is 47.0 Å². The Labute approximate surface area is 207 Å². The molecule has 0 spiro atoms. The highest BCUT2D eigenvalue weighted by molar-refractivity contribution is 7.88. The topological polar surface area (TPSA) is 160 Å². The minimum Gasteiger partial charge on any atom is -0.462 e. The minimum absolute atomic E-state index is 0.0251. The molecule has 1 saturated heterocycles. The lowest BCUT2D eigenvalue weighted by Gasteiger charge is -2.33. The summed E-state index contributed by atoms with van der Waals surface area (Å²) in [4.78, 5) is 30.7. The summed E-state index contributed by atoms with van der Waals surface area (Å²) in [7, 11) is -3.21. The molecule has 13 nitrogen and oxygen atoms in total. The highest BCUT2D eigenvalue weighted by atomic mass is 32.2. The summed E-state index contributed by atoms with van der Waals surface area (Å²) in [5.41, 5.74) is 1.29. The fraction of sp³-hybridized carbons (Fsp3) is 0.318. The Bertz CT molecular complexity index is 1330. The molecule has 1 amide bonds. The van der Waals surface area contributed by atoms with Gasteiger partial charge in [0.05, 0.1) is 30.3 Å². The molecular weight excluding hydrogens is 490 g/mol. The molecule has 1 aliphatic heterocycles. The Hall–Kier alpha value is -4.04. The van der Waals surface area contributed by atoms with E-state index in [9.17, 15) is 18.0 Å². The molecule has 1 fully saturated rings. The van der Waals surface area contributed by atoms with Crippen LogP contribution in [0.2, 0.25) is 0 Å². The summed E-state index contributed by atoms with van der Waals surface area (Å²) in [6, 6.07) is 9.94. The average Bonchev–Trinajstić information content (AvgIpc) is 3.33. The van der Waals surface area contributed by atoms with Crippen molar-refractivity contribution in [3.05, 3.63) is 54.0 Å². The Balaban J connectivity index is 1.33. The number of pyridine rings is 1. The predicted molar refractivity (Wildman–Crippen MR) is 131 cm³/mol. The maximum atomic E-state index is 12.5. The Morgan fingerprint density at radius 1 is 1.08 bits per heavy atom. The maximum Gasteiger partial charge on any atom is 0.338 e. The van der Waals surface area contributed by atoms with Crippen molar-refractivity contribution < 1.29 is 27.2 Å². The fourth-order valence-electron chi connectivity index (χ4n) is 3.51. The molecule has 0 saturated carbocycles. The molecule has 2 aromatic heterocycles. The fourth-order valence-corrected chi connectivity index (χ4v) is 4.33. The zero-order chi connectivity index (χ0) is 25.7. The van der Waals surface area contributed by atoms with Crippen LogP contribution in [-0.2, 0) is 14.8 Å². The van der Waals surface area contributed by atoms with E-state index in [0.717, 1.165) is 0 Å². The number of carbonyl (C=O) groups is 2. The van der Waals surface area contributed by atoms with Gasteiger partial charge in [-0.2, -0.15) is 4.31 Å². The highest BCUT2D eigenvalue weighted by Crippen LogP contribution is 2.20. The molecule has 1 aliphatic rings. The molecule has 4 rings (SSSR count). The van der Waals surface area contributed by atoms with Gasteiger partial charge in [-0.05, 0) is 37.3 Å². The van der Waals surface area contributed by atoms with Crippen molar-refractivity contribution in [2.45, 2.75) is 6.92 Å². The number of ether oxygens (including phenoxy) is 1. The number of sulfonamides is 1. The van der Waals surface area contributed by atoms with E-state index in [1.165, 1.54) is 16.8 Å². The van der Waals surface area contributed by atoms with Gasteiger partial charge in [0.1, 0.15) is 5.82 Å².